The molecule has 0 amide bonds. The van der Waals surface area contributed by atoms with E-state index in [1.165, 1.54) is 0 Å². The summed E-state index contributed by atoms with van der Waals surface area (Å²) in [7, 11) is 0. The van der Waals surface area contributed by atoms with Gasteiger partial charge in [0.1, 0.15) is 0 Å². The third-order valence-corrected chi connectivity index (χ3v) is 5.85. The highest BCUT2D eigenvalue weighted by molar-refractivity contribution is 9.10. The number of thiazole rings is 1. The van der Waals surface area contributed by atoms with E-state index < -0.39 is 18.3 Å². The molecule has 1 N–H and O–H groups in total. The number of anilines is 1. The number of fused-ring (bicyclic) bond motifs is 1. The smallest absolute Gasteiger partial charge is 0.362 e. The van der Waals surface area contributed by atoms with Crippen LogP contribution in [0.5, 0.6) is 0 Å². The maximum Gasteiger partial charge on any atom is 0.438 e. The molecule has 4 rings (SSSR count). The summed E-state index contributed by atoms with van der Waals surface area (Å²) in [6, 6.07) is 12.2. The molecule has 9 heteroatoms. The molecule has 0 aliphatic carbocycles. The van der Waals surface area contributed by atoms with Crippen LogP contribution in [0.2, 0.25) is 0 Å². The Labute approximate surface area is 165 Å². The zero-order valence-electron chi connectivity index (χ0n) is 14.0. The minimum atomic E-state index is -4.90. The van der Waals surface area contributed by atoms with Gasteiger partial charge in [-0.15, -0.1) is 0 Å². The number of aromatic nitrogens is 1. The normalized spacial score (nSPS) is 20.4. The first kappa shape index (κ1) is 18.4. The molecule has 27 heavy (non-hydrogen) atoms. The Morgan fingerprint density at radius 3 is 2.56 bits per heavy atom. The van der Waals surface area contributed by atoms with Gasteiger partial charge in [0.15, 0.2) is 0 Å². The van der Waals surface area contributed by atoms with Crippen molar-refractivity contribution in [3.8, 4) is 0 Å². The number of hydrazone groups is 1. The van der Waals surface area contributed by atoms with Crippen molar-refractivity contribution in [2.24, 2.45) is 5.10 Å². The molecular formula is C18H13BrF3N3OS. The third-order valence-electron chi connectivity index (χ3n) is 4.33. The standard InChI is InChI=1S/C18H13BrF3N3OS/c1-10-2-7-13-15(8-10)27-16(23-13)25-17(26,18(20,21)22)9-14(24-25)11-3-5-12(19)6-4-11/h2-8,26H,9H2,1H3. The number of aryl methyl sites for hydroxylation is 1. The molecule has 140 valence electrons. The van der Waals surface area contributed by atoms with Crippen molar-refractivity contribution in [2.75, 3.05) is 5.01 Å². The third kappa shape index (κ3) is 3.13. The van der Waals surface area contributed by atoms with Crippen LogP contribution >= 0.6 is 27.3 Å². The van der Waals surface area contributed by atoms with Gasteiger partial charge in [-0.25, -0.2) is 4.98 Å². The van der Waals surface area contributed by atoms with Crippen LogP contribution in [0.4, 0.5) is 18.3 Å². The Balaban J connectivity index is 1.83. The van der Waals surface area contributed by atoms with Crippen molar-refractivity contribution in [2.45, 2.75) is 25.2 Å². The van der Waals surface area contributed by atoms with Crippen molar-refractivity contribution in [1.82, 2.24) is 4.98 Å². The second kappa shape index (κ2) is 6.29. The van der Waals surface area contributed by atoms with Gasteiger partial charge in [-0.1, -0.05) is 45.5 Å². The first-order valence-electron chi connectivity index (χ1n) is 7.97. The van der Waals surface area contributed by atoms with Crippen LogP contribution in [-0.2, 0) is 0 Å². The number of halogens is 4. The Morgan fingerprint density at radius 1 is 1.19 bits per heavy atom. The van der Waals surface area contributed by atoms with Crippen molar-refractivity contribution in [3.63, 3.8) is 0 Å². The predicted octanol–water partition coefficient (Wildman–Crippen LogP) is 5.23. The molecule has 0 saturated heterocycles. The molecule has 4 nitrogen and oxygen atoms in total. The van der Waals surface area contributed by atoms with Crippen LogP contribution in [0.15, 0.2) is 52.0 Å². The van der Waals surface area contributed by atoms with Crippen molar-refractivity contribution in [1.29, 1.82) is 0 Å². The molecular weight excluding hydrogens is 443 g/mol. The first-order valence-corrected chi connectivity index (χ1v) is 9.58. The highest BCUT2D eigenvalue weighted by Crippen LogP contribution is 2.45. The van der Waals surface area contributed by atoms with E-state index >= 15 is 0 Å². The number of aliphatic hydroxyl groups is 1. The number of hydrogen-bond donors (Lipinski definition) is 1. The fourth-order valence-electron chi connectivity index (χ4n) is 2.88. The molecule has 1 aliphatic rings. The Hall–Kier alpha value is -1.97. The molecule has 0 spiro atoms. The van der Waals surface area contributed by atoms with E-state index in [1.807, 2.05) is 19.1 Å². The zero-order valence-corrected chi connectivity index (χ0v) is 16.4. The highest BCUT2D eigenvalue weighted by atomic mass is 79.9. The summed E-state index contributed by atoms with van der Waals surface area (Å²) in [5.41, 5.74) is -0.932. The summed E-state index contributed by atoms with van der Waals surface area (Å²) in [6.45, 7) is 1.89. The molecule has 0 saturated carbocycles. The second-order valence-electron chi connectivity index (χ2n) is 6.32. The van der Waals surface area contributed by atoms with E-state index in [0.717, 1.165) is 26.1 Å². The number of benzene rings is 2. The monoisotopic (exact) mass is 455 g/mol. The molecule has 2 heterocycles. The fourth-order valence-corrected chi connectivity index (χ4v) is 4.23. The molecule has 1 aromatic heterocycles. The summed E-state index contributed by atoms with van der Waals surface area (Å²) >= 11 is 4.36. The van der Waals surface area contributed by atoms with Gasteiger partial charge in [-0.3, -0.25) is 0 Å². The predicted molar refractivity (Wildman–Crippen MR) is 103 cm³/mol. The average Bonchev–Trinajstić information content (AvgIpc) is 3.16. The summed E-state index contributed by atoms with van der Waals surface area (Å²) in [5, 5.41) is 15.3. The van der Waals surface area contributed by atoms with E-state index in [0.29, 0.717) is 16.1 Å². The number of rotatable bonds is 2. The Bertz CT molecular complexity index is 1050. The molecule has 3 aromatic rings. The van der Waals surface area contributed by atoms with Crippen molar-refractivity contribution in [3.05, 3.63) is 58.1 Å². The zero-order chi connectivity index (χ0) is 19.4. The topological polar surface area (TPSA) is 48.7 Å². The summed E-state index contributed by atoms with van der Waals surface area (Å²) < 4.78 is 42.8. The van der Waals surface area contributed by atoms with Gasteiger partial charge in [0, 0.05) is 4.47 Å². The fraction of sp³-hybridized carbons (Fsp3) is 0.222. The molecule has 1 atom stereocenters. The molecule has 0 radical (unpaired) electrons. The van der Waals surface area contributed by atoms with Crippen LogP contribution in [0.25, 0.3) is 10.2 Å². The van der Waals surface area contributed by atoms with Crippen molar-refractivity contribution >= 4 is 48.3 Å². The van der Waals surface area contributed by atoms with Gasteiger partial charge in [-0.2, -0.15) is 23.3 Å². The average molecular weight is 456 g/mol. The Morgan fingerprint density at radius 2 is 1.89 bits per heavy atom. The van der Waals surface area contributed by atoms with Crippen LogP contribution < -0.4 is 5.01 Å². The highest BCUT2D eigenvalue weighted by Gasteiger charge is 2.62. The molecule has 1 aliphatic heterocycles. The Kier molecular flexibility index (Phi) is 4.28. The minimum Gasteiger partial charge on any atom is -0.362 e. The van der Waals surface area contributed by atoms with Crippen LogP contribution in [0.3, 0.4) is 0 Å². The van der Waals surface area contributed by atoms with E-state index in [-0.39, 0.29) is 10.8 Å². The number of hydrogen-bond acceptors (Lipinski definition) is 5. The molecule has 1 unspecified atom stereocenters. The van der Waals surface area contributed by atoms with Crippen LogP contribution in [0.1, 0.15) is 17.5 Å². The van der Waals surface area contributed by atoms with Gasteiger partial charge in [0.05, 0.1) is 22.3 Å². The quantitative estimate of drug-likeness (QED) is 0.575. The minimum absolute atomic E-state index is 0.00235. The lowest BCUT2D eigenvalue weighted by Gasteiger charge is -2.32. The van der Waals surface area contributed by atoms with Gasteiger partial charge in [-0.05, 0) is 42.3 Å². The van der Waals surface area contributed by atoms with Gasteiger partial charge < -0.3 is 5.11 Å². The summed E-state index contributed by atoms with van der Waals surface area (Å²) in [4.78, 5) is 4.26. The van der Waals surface area contributed by atoms with E-state index in [2.05, 4.69) is 26.0 Å². The van der Waals surface area contributed by atoms with E-state index in [4.69, 9.17) is 0 Å². The summed E-state index contributed by atoms with van der Waals surface area (Å²) in [6.07, 6.45) is -5.57. The number of nitrogens with zero attached hydrogens (tertiary/aromatic N) is 3. The lowest BCUT2D eigenvalue weighted by molar-refractivity contribution is -0.254. The molecule has 0 fully saturated rings. The maximum atomic E-state index is 13.8. The van der Waals surface area contributed by atoms with Gasteiger partial charge in [0.2, 0.25) is 5.13 Å². The van der Waals surface area contributed by atoms with Gasteiger partial charge in [0.25, 0.3) is 5.72 Å². The second-order valence-corrected chi connectivity index (χ2v) is 8.25. The van der Waals surface area contributed by atoms with Gasteiger partial charge >= 0.3 is 6.18 Å². The van der Waals surface area contributed by atoms with E-state index in [1.54, 1.807) is 30.3 Å². The lowest BCUT2D eigenvalue weighted by atomic mass is 10.0. The summed E-state index contributed by atoms with van der Waals surface area (Å²) in [5.74, 6) is 0. The number of alkyl halides is 3. The first-order chi connectivity index (χ1) is 12.7. The maximum absolute atomic E-state index is 13.8. The van der Waals surface area contributed by atoms with Crippen LogP contribution in [0, 0.1) is 6.92 Å². The van der Waals surface area contributed by atoms with Crippen LogP contribution in [-0.4, -0.2) is 27.7 Å². The molecule has 2 aromatic carbocycles. The lowest BCUT2D eigenvalue weighted by Crippen LogP contribution is -2.55. The largest absolute Gasteiger partial charge is 0.438 e. The van der Waals surface area contributed by atoms with Crippen molar-refractivity contribution < 1.29 is 18.3 Å². The molecule has 0 bridgehead atoms. The SMILES string of the molecule is Cc1ccc2nc(N3N=C(c4ccc(Br)cc4)CC3(O)C(F)(F)F)sc2c1. The van der Waals surface area contributed by atoms with E-state index in [9.17, 15) is 18.3 Å².